The maximum Gasteiger partial charge on any atom is 0.234 e. The first kappa shape index (κ1) is 18.3. The topological polar surface area (TPSA) is 64.1 Å². The van der Waals surface area contributed by atoms with E-state index in [1.807, 2.05) is 24.3 Å². The second-order valence-corrected chi connectivity index (χ2v) is 8.80. The molecule has 0 saturated carbocycles. The first-order valence-corrected chi connectivity index (χ1v) is 10.8. The third-order valence-corrected chi connectivity index (χ3v) is 6.93. The largest absolute Gasteiger partial charge is 0.495 e. The van der Waals surface area contributed by atoms with Gasteiger partial charge in [-0.15, -0.1) is 11.3 Å². The number of amides is 1. The van der Waals surface area contributed by atoms with Gasteiger partial charge in [0.05, 0.1) is 18.6 Å². The van der Waals surface area contributed by atoms with E-state index < -0.39 is 0 Å². The second kappa shape index (κ2) is 7.86. The summed E-state index contributed by atoms with van der Waals surface area (Å²) in [6.45, 7) is 2.30. The monoisotopic (exact) mass is 399 g/mol. The summed E-state index contributed by atoms with van der Waals surface area (Å²) in [6.07, 6.45) is 5.00. The van der Waals surface area contributed by atoms with Gasteiger partial charge in [0.15, 0.2) is 0 Å². The minimum Gasteiger partial charge on any atom is -0.495 e. The number of para-hydroxylation sites is 2. The zero-order valence-electron chi connectivity index (χ0n) is 15.3. The van der Waals surface area contributed by atoms with Crippen molar-refractivity contribution in [1.82, 2.24) is 9.97 Å². The van der Waals surface area contributed by atoms with E-state index in [2.05, 4.69) is 22.2 Å². The number of nitrogens with one attached hydrogen (secondary N) is 1. The lowest BCUT2D eigenvalue weighted by molar-refractivity contribution is -0.113. The van der Waals surface area contributed by atoms with Crippen molar-refractivity contribution in [3.05, 3.63) is 41.0 Å². The lowest BCUT2D eigenvalue weighted by atomic mass is 9.89. The number of thiophene rings is 1. The fourth-order valence-corrected chi connectivity index (χ4v) is 5.66. The maximum absolute atomic E-state index is 12.4. The molecule has 1 aliphatic carbocycles. The highest BCUT2D eigenvalue weighted by Crippen LogP contribution is 2.40. The van der Waals surface area contributed by atoms with E-state index in [-0.39, 0.29) is 5.91 Å². The van der Waals surface area contributed by atoms with Crippen LogP contribution < -0.4 is 10.1 Å². The van der Waals surface area contributed by atoms with Crippen LogP contribution in [0, 0.1) is 5.92 Å². The number of nitrogens with zero attached hydrogens (tertiary/aromatic N) is 2. The van der Waals surface area contributed by atoms with E-state index in [1.54, 1.807) is 24.8 Å². The molecule has 0 bridgehead atoms. The summed E-state index contributed by atoms with van der Waals surface area (Å²) in [5, 5.41) is 4.97. The summed E-state index contributed by atoms with van der Waals surface area (Å²) < 4.78 is 5.29. The molecular formula is C20H21N3O2S2. The van der Waals surface area contributed by atoms with Gasteiger partial charge in [-0.05, 0) is 42.9 Å². The molecule has 0 spiro atoms. The number of fused-ring (bicyclic) bond motifs is 3. The minimum atomic E-state index is -0.0750. The highest BCUT2D eigenvalue weighted by molar-refractivity contribution is 8.00. The SMILES string of the molecule is COc1ccccc1NC(=O)CSc1ncnc2sc3c(c12)CCC(C)C3. The third-order valence-electron chi connectivity index (χ3n) is 4.78. The van der Waals surface area contributed by atoms with Crippen LogP contribution in [0.2, 0.25) is 0 Å². The molecule has 0 aliphatic heterocycles. The molecule has 1 atom stereocenters. The van der Waals surface area contributed by atoms with Gasteiger partial charge in [0.1, 0.15) is 21.9 Å². The van der Waals surface area contributed by atoms with E-state index in [0.717, 1.165) is 34.0 Å². The molecule has 2 heterocycles. The van der Waals surface area contributed by atoms with Gasteiger partial charge < -0.3 is 10.1 Å². The molecule has 5 nitrogen and oxygen atoms in total. The molecule has 1 N–H and O–H groups in total. The number of rotatable bonds is 5. The summed E-state index contributed by atoms with van der Waals surface area (Å²) >= 11 is 3.25. The Labute approximate surface area is 166 Å². The number of carbonyl (C=O) groups excluding carboxylic acids is 1. The van der Waals surface area contributed by atoms with Crippen LogP contribution in [-0.4, -0.2) is 28.7 Å². The Morgan fingerprint density at radius 2 is 2.22 bits per heavy atom. The summed E-state index contributed by atoms with van der Waals surface area (Å²) in [5.74, 6) is 1.60. The van der Waals surface area contributed by atoms with E-state index in [0.29, 0.717) is 17.2 Å². The Morgan fingerprint density at radius 1 is 1.37 bits per heavy atom. The van der Waals surface area contributed by atoms with Crippen molar-refractivity contribution < 1.29 is 9.53 Å². The first-order valence-electron chi connectivity index (χ1n) is 8.96. The van der Waals surface area contributed by atoms with Crippen molar-refractivity contribution in [2.24, 2.45) is 5.92 Å². The molecule has 7 heteroatoms. The van der Waals surface area contributed by atoms with Gasteiger partial charge in [0.25, 0.3) is 0 Å². The molecule has 0 fully saturated rings. The smallest absolute Gasteiger partial charge is 0.234 e. The number of hydrogen-bond acceptors (Lipinski definition) is 6. The Morgan fingerprint density at radius 3 is 3.07 bits per heavy atom. The van der Waals surface area contributed by atoms with Gasteiger partial charge in [-0.1, -0.05) is 30.8 Å². The van der Waals surface area contributed by atoms with Crippen molar-refractivity contribution in [2.75, 3.05) is 18.2 Å². The molecule has 1 amide bonds. The molecule has 1 aliphatic rings. The average Bonchev–Trinajstić information content (AvgIpc) is 3.04. The van der Waals surface area contributed by atoms with Gasteiger partial charge in [0.2, 0.25) is 5.91 Å². The molecule has 2 aromatic heterocycles. The average molecular weight is 400 g/mol. The van der Waals surface area contributed by atoms with Crippen molar-refractivity contribution >= 4 is 44.9 Å². The van der Waals surface area contributed by atoms with Crippen molar-refractivity contribution in [1.29, 1.82) is 0 Å². The predicted molar refractivity (Wildman–Crippen MR) is 111 cm³/mol. The quantitative estimate of drug-likeness (QED) is 0.503. The van der Waals surface area contributed by atoms with Crippen LogP contribution in [0.15, 0.2) is 35.6 Å². The number of thioether (sulfide) groups is 1. The highest BCUT2D eigenvalue weighted by Gasteiger charge is 2.23. The van der Waals surface area contributed by atoms with E-state index >= 15 is 0 Å². The van der Waals surface area contributed by atoms with Crippen LogP contribution in [0.5, 0.6) is 5.75 Å². The molecule has 3 aromatic rings. The minimum absolute atomic E-state index is 0.0750. The normalized spacial score (nSPS) is 16.1. The summed E-state index contributed by atoms with van der Waals surface area (Å²) in [5.41, 5.74) is 2.07. The summed E-state index contributed by atoms with van der Waals surface area (Å²) in [7, 11) is 1.60. The molecule has 4 rings (SSSR count). The molecule has 0 radical (unpaired) electrons. The molecule has 140 valence electrons. The van der Waals surface area contributed by atoms with Crippen LogP contribution in [0.4, 0.5) is 5.69 Å². The van der Waals surface area contributed by atoms with Crippen LogP contribution in [-0.2, 0) is 17.6 Å². The summed E-state index contributed by atoms with van der Waals surface area (Å²) in [6, 6.07) is 7.41. The van der Waals surface area contributed by atoms with Gasteiger partial charge in [-0.3, -0.25) is 4.79 Å². The van der Waals surface area contributed by atoms with Crippen LogP contribution >= 0.6 is 23.1 Å². The predicted octanol–water partition coefficient (Wildman–Crippen LogP) is 4.56. The molecule has 1 aromatic carbocycles. The number of aromatic nitrogens is 2. The molecule has 0 saturated heterocycles. The highest BCUT2D eigenvalue weighted by atomic mass is 32.2. The zero-order valence-corrected chi connectivity index (χ0v) is 17.0. The lowest BCUT2D eigenvalue weighted by Crippen LogP contribution is -2.15. The van der Waals surface area contributed by atoms with Gasteiger partial charge in [-0.2, -0.15) is 0 Å². The van der Waals surface area contributed by atoms with Crippen LogP contribution in [0.25, 0.3) is 10.2 Å². The van der Waals surface area contributed by atoms with Gasteiger partial charge in [-0.25, -0.2) is 9.97 Å². The number of hydrogen-bond donors (Lipinski definition) is 1. The summed E-state index contributed by atoms with van der Waals surface area (Å²) in [4.78, 5) is 23.8. The van der Waals surface area contributed by atoms with Gasteiger partial charge in [0, 0.05) is 10.3 Å². The standard InChI is InChI=1S/C20H21N3O2S2/c1-12-7-8-13-16(9-12)27-20-18(13)19(21-11-22-20)26-10-17(24)23-14-5-3-4-6-15(14)25-2/h3-6,11-12H,7-10H2,1-2H3,(H,23,24). The number of anilines is 1. The first-order chi connectivity index (χ1) is 13.2. The maximum atomic E-state index is 12.4. The Bertz CT molecular complexity index is 987. The van der Waals surface area contributed by atoms with E-state index in [4.69, 9.17) is 4.74 Å². The fraction of sp³-hybridized carbons (Fsp3) is 0.350. The van der Waals surface area contributed by atoms with Crippen LogP contribution in [0.1, 0.15) is 23.8 Å². The number of methoxy groups -OCH3 is 1. The Balaban J connectivity index is 1.51. The second-order valence-electron chi connectivity index (χ2n) is 6.75. The van der Waals surface area contributed by atoms with Crippen LogP contribution in [0.3, 0.4) is 0 Å². The molecular weight excluding hydrogens is 378 g/mol. The number of ether oxygens (including phenoxy) is 1. The van der Waals surface area contributed by atoms with Crippen molar-refractivity contribution in [2.45, 2.75) is 31.2 Å². The van der Waals surface area contributed by atoms with Crippen molar-refractivity contribution in [3.63, 3.8) is 0 Å². The fourth-order valence-electron chi connectivity index (χ4n) is 3.42. The molecule has 27 heavy (non-hydrogen) atoms. The third kappa shape index (κ3) is 3.80. The lowest BCUT2D eigenvalue weighted by Gasteiger charge is -2.18. The Hall–Kier alpha value is -2.12. The zero-order chi connectivity index (χ0) is 18.8. The van der Waals surface area contributed by atoms with Crippen molar-refractivity contribution in [3.8, 4) is 5.75 Å². The number of aryl methyl sites for hydroxylation is 1. The molecule has 1 unspecified atom stereocenters. The number of carbonyl (C=O) groups is 1. The van der Waals surface area contributed by atoms with E-state index in [9.17, 15) is 4.79 Å². The van der Waals surface area contributed by atoms with Gasteiger partial charge >= 0.3 is 0 Å². The number of benzene rings is 1. The van der Waals surface area contributed by atoms with E-state index in [1.165, 1.54) is 28.6 Å². The Kier molecular flexibility index (Phi) is 5.31.